The molecule has 0 aromatic heterocycles. The van der Waals surface area contributed by atoms with Crippen LogP contribution >= 0.6 is 15.9 Å². The molecular weight excluding hydrogens is 345 g/mol. The topological polar surface area (TPSA) is 88.2 Å². The van der Waals surface area contributed by atoms with Crippen LogP contribution in [0, 0.1) is 5.82 Å². The van der Waals surface area contributed by atoms with E-state index < -0.39 is 5.82 Å². The first-order chi connectivity index (χ1) is 9.99. The van der Waals surface area contributed by atoms with Crippen LogP contribution < -0.4 is 5.73 Å². The molecule has 0 saturated heterocycles. The maximum Gasteiger partial charge on any atom is 0.255 e. The molecule has 1 amide bonds. The molecule has 8 heteroatoms. The lowest BCUT2D eigenvalue weighted by molar-refractivity contribution is 0.0699. The van der Waals surface area contributed by atoms with Gasteiger partial charge in [0.15, 0.2) is 0 Å². The summed E-state index contributed by atoms with van der Waals surface area (Å²) < 4.78 is 18.8. The van der Waals surface area contributed by atoms with Crippen molar-refractivity contribution >= 4 is 27.7 Å². The number of hydrogen-bond donors (Lipinski definition) is 2. The van der Waals surface area contributed by atoms with Crippen LogP contribution in [0.25, 0.3) is 0 Å². The summed E-state index contributed by atoms with van der Waals surface area (Å²) >= 11 is 3.23. The Hall–Kier alpha value is -1.67. The number of nitrogens with zero attached hydrogens (tertiary/aromatic N) is 2. The normalized spacial score (nSPS) is 11.5. The van der Waals surface area contributed by atoms with Gasteiger partial charge in [-0.1, -0.05) is 5.16 Å². The number of rotatable bonds is 7. The molecule has 0 heterocycles. The van der Waals surface area contributed by atoms with E-state index in [1.165, 1.54) is 24.1 Å². The van der Waals surface area contributed by atoms with Crippen molar-refractivity contribution in [1.82, 2.24) is 4.90 Å². The average Bonchev–Trinajstić information content (AvgIpc) is 2.48. The fourth-order valence-electron chi connectivity index (χ4n) is 1.65. The van der Waals surface area contributed by atoms with Gasteiger partial charge >= 0.3 is 0 Å². The van der Waals surface area contributed by atoms with Crippen LogP contribution in [0.1, 0.15) is 16.8 Å². The van der Waals surface area contributed by atoms with Gasteiger partial charge in [0.2, 0.25) is 0 Å². The second kappa shape index (κ2) is 8.58. The second-order valence-electron chi connectivity index (χ2n) is 4.25. The minimum atomic E-state index is -0.496. The zero-order chi connectivity index (χ0) is 15.8. The molecule has 1 aromatic rings. The van der Waals surface area contributed by atoms with Gasteiger partial charge in [0.25, 0.3) is 5.91 Å². The molecule has 0 aliphatic rings. The van der Waals surface area contributed by atoms with Crippen molar-refractivity contribution in [2.24, 2.45) is 10.9 Å². The Morgan fingerprint density at radius 3 is 2.86 bits per heavy atom. The third-order valence-electron chi connectivity index (χ3n) is 2.78. The summed E-state index contributed by atoms with van der Waals surface area (Å²) in [6.45, 7) is 0.882. The number of halogens is 2. The fraction of sp³-hybridized carbons (Fsp3) is 0.385. The fourth-order valence-corrected chi connectivity index (χ4v) is 2.06. The Morgan fingerprint density at radius 2 is 2.24 bits per heavy atom. The predicted octanol–water partition coefficient (Wildman–Crippen LogP) is 1.81. The van der Waals surface area contributed by atoms with Crippen molar-refractivity contribution in [1.29, 1.82) is 0 Å². The highest BCUT2D eigenvalue weighted by atomic mass is 79.9. The van der Waals surface area contributed by atoms with Gasteiger partial charge < -0.3 is 20.6 Å². The summed E-state index contributed by atoms with van der Waals surface area (Å²) in [5.41, 5.74) is 5.62. The molecule has 0 bridgehead atoms. The molecule has 0 spiro atoms. The lowest BCUT2D eigenvalue weighted by atomic mass is 10.2. The number of nitrogens with two attached hydrogens (primary N) is 1. The highest BCUT2D eigenvalue weighted by Gasteiger charge is 2.19. The van der Waals surface area contributed by atoms with Crippen molar-refractivity contribution in [2.45, 2.75) is 6.42 Å². The quantitative estimate of drug-likeness (QED) is 0.335. The van der Waals surface area contributed by atoms with Crippen molar-refractivity contribution < 1.29 is 19.1 Å². The number of hydrogen-bond acceptors (Lipinski definition) is 4. The van der Waals surface area contributed by atoms with Crippen LogP contribution in [0.2, 0.25) is 0 Å². The minimum absolute atomic E-state index is 0.0172. The number of benzene rings is 1. The summed E-state index contributed by atoms with van der Waals surface area (Å²) in [5, 5.41) is 11.4. The number of oxime groups is 1. The maximum absolute atomic E-state index is 13.3. The molecular formula is C13H17BrFN3O3. The van der Waals surface area contributed by atoms with Crippen LogP contribution in [0.15, 0.2) is 27.8 Å². The van der Waals surface area contributed by atoms with E-state index in [1.54, 1.807) is 0 Å². The van der Waals surface area contributed by atoms with E-state index in [4.69, 9.17) is 15.7 Å². The van der Waals surface area contributed by atoms with Crippen molar-refractivity contribution in [2.75, 3.05) is 26.8 Å². The van der Waals surface area contributed by atoms with Crippen LogP contribution in [0.5, 0.6) is 0 Å². The standard InChI is InChI=1S/C13H17BrFN3O3/c1-21-7-6-18(5-4-12(16)17-20)13(19)10-8-9(15)2-3-11(10)14/h2-3,8,20H,4-7H2,1H3,(H2,16,17). The van der Waals surface area contributed by atoms with E-state index in [9.17, 15) is 9.18 Å². The molecule has 21 heavy (non-hydrogen) atoms. The third kappa shape index (κ3) is 5.31. The van der Waals surface area contributed by atoms with E-state index in [0.717, 1.165) is 6.07 Å². The van der Waals surface area contributed by atoms with Gasteiger partial charge in [0, 0.05) is 31.1 Å². The van der Waals surface area contributed by atoms with Crippen molar-refractivity contribution in [3.8, 4) is 0 Å². The first kappa shape index (κ1) is 17.4. The van der Waals surface area contributed by atoms with Crippen LogP contribution in [0.3, 0.4) is 0 Å². The van der Waals surface area contributed by atoms with Gasteiger partial charge in [-0.2, -0.15) is 0 Å². The molecule has 0 aliphatic carbocycles. The maximum atomic E-state index is 13.3. The van der Waals surface area contributed by atoms with E-state index in [-0.39, 0.29) is 30.3 Å². The van der Waals surface area contributed by atoms with Crippen molar-refractivity contribution in [3.63, 3.8) is 0 Å². The van der Waals surface area contributed by atoms with Crippen LogP contribution in [-0.2, 0) is 4.74 Å². The van der Waals surface area contributed by atoms with Gasteiger partial charge in [0.1, 0.15) is 11.7 Å². The monoisotopic (exact) mass is 361 g/mol. The number of ether oxygens (including phenoxy) is 1. The Kier molecular flexibility index (Phi) is 7.10. The zero-order valence-corrected chi connectivity index (χ0v) is 13.1. The van der Waals surface area contributed by atoms with Gasteiger partial charge in [-0.25, -0.2) is 4.39 Å². The number of carbonyl (C=O) groups is 1. The zero-order valence-electron chi connectivity index (χ0n) is 11.6. The highest BCUT2D eigenvalue weighted by molar-refractivity contribution is 9.10. The molecule has 1 rings (SSSR count). The second-order valence-corrected chi connectivity index (χ2v) is 5.10. The molecule has 0 radical (unpaired) electrons. The summed E-state index contributed by atoms with van der Waals surface area (Å²) in [6, 6.07) is 3.90. The number of methoxy groups -OCH3 is 1. The molecule has 3 N–H and O–H groups in total. The predicted molar refractivity (Wildman–Crippen MR) is 79.9 cm³/mol. The van der Waals surface area contributed by atoms with E-state index >= 15 is 0 Å². The lowest BCUT2D eigenvalue weighted by Crippen LogP contribution is -2.36. The molecule has 6 nitrogen and oxygen atoms in total. The Balaban J connectivity index is 2.90. The van der Waals surface area contributed by atoms with E-state index in [1.807, 2.05) is 0 Å². The molecule has 116 valence electrons. The van der Waals surface area contributed by atoms with E-state index in [2.05, 4.69) is 21.1 Å². The Bertz CT molecular complexity index is 525. The first-order valence-corrected chi connectivity index (χ1v) is 6.98. The molecule has 0 atom stereocenters. The number of carbonyl (C=O) groups excluding carboxylic acids is 1. The largest absolute Gasteiger partial charge is 0.409 e. The molecule has 0 unspecified atom stereocenters. The highest BCUT2D eigenvalue weighted by Crippen LogP contribution is 2.19. The number of amidine groups is 1. The smallest absolute Gasteiger partial charge is 0.255 e. The summed E-state index contributed by atoms with van der Waals surface area (Å²) in [7, 11) is 1.52. The van der Waals surface area contributed by atoms with Gasteiger partial charge in [0.05, 0.1) is 12.2 Å². The van der Waals surface area contributed by atoms with E-state index in [0.29, 0.717) is 17.6 Å². The molecule has 0 fully saturated rings. The SMILES string of the molecule is COCCN(CCC(N)=NO)C(=O)c1cc(F)ccc1Br. The van der Waals surface area contributed by atoms with Gasteiger partial charge in [-0.3, -0.25) is 4.79 Å². The summed E-state index contributed by atoms with van der Waals surface area (Å²) in [5.74, 6) is -0.836. The summed E-state index contributed by atoms with van der Waals surface area (Å²) in [6.07, 6.45) is 0.207. The van der Waals surface area contributed by atoms with Gasteiger partial charge in [-0.05, 0) is 34.1 Å². The Morgan fingerprint density at radius 1 is 1.52 bits per heavy atom. The third-order valence-corrected chi connectivity index (χ3v) is 3.47. The van der Waals surface area contributed by atoms with Gasteiger partial charge in [-0.15, -0.1) is 0 Å². The molecule has 0 saturated carbocycles. The summed E-state index contributed by atoms with van der Waals surface area (Å²) in [4.78, 5) is 13.9. The molecule has 0 aliphatic heterocycles. The average molecular weight is 362 g/mol. The first-order valence-electron chi connectivity index (χ1n) is 6.19. The van der Waals surface area contributed by atoms with Crippen LogP contribution in [0.4, 0.5) is 4.39 Å². The Labute approximate surface area is 130 Å². The minimum Gasteiger partial charge on any atom is -0.409 e. The van der Waals surface area contributed by atoms with Crippen molar-refractivity contribution in [3.05, 3.63) is 34.1 Å². The number of amides is 1. The molecule has 1 aromatic carbocycles. The lowest BCUT2D eigenvalue weighted by Gasteiger charge is -2.22. The van der Waals surface area contributed by atoms with Crippen LogP contribution in [-0.4, -0.2) is 48.7 Å².